The number of nitrogens with one attached hydrogen (secondary N) is 1. The first-order chi connectivity index (χ1) is 15.6. The Morgan fingerprint density at radius 1 is 1.27 bits per heavy atom. The van der Waals surface area contributed by atoms with Crippen molar-refractivity contribution in [1.29, 1.82) is 5.26 Å². The summed E-state index contributed by atoms with van der Waals surface area (Å²) in [6.07, 6.45) is -0.0153. The van der Waals surface area contributed by atoms with Gasteiger partial charge in [0.2, 0.25) is 10.0 Å². The largest absolute Gasteiger partial charge is 0.497 e. The zero-order valence-corrected chi connectivity index (χ0v) is 18.5. The molecule has 2 heterocycles. The lowest BCUT2D eigenvalue weighted by Crippen LogP contribution is -2.43. The molecule has 0 aliphatic heterocycles. The van der Waals surface area contributed by atoms with Crippen LogP contribution in [0.15, 0.2) is 35.5 Å². The van der Waals surface area contributed by atoms with Crippen molar-refractivity contribution in [3.05, 3.63) is 36.2 Å². The standard InChI is InChI=1S/C21H20F3N5O3S/c1-12(21(22,23)24)28-33(30,31)15-10-26-20(27-11-15)19-17(9-25)16-8-14(32-2)6-7-18(16)29(19)13-4-3-5-13/h6-8,10-13,28H,3-5H2,1-2H3/t12-/m0/s1. The van der Waals surface area contributed by atoms with Gasteiger partial charge in [0.05, 0.1) is 30.6 Å². The molecule has 1 aliphatic carbocycles. The summed E-state index contributed by atoms with van der Waals surface area (Å²) in [7, 11) is -2.97. The summed E-state index contributed by atoms with van der Waals surface area (Å²) in [5.74, 6) is 0.681. The molecule has 1 fully saturated rings. The van der Waals surface area contributed by atoms with Crippen molar-refractivity contribution in [1.82, 2.24) is 19.3 Å². The van der Waals surface area contributed by atoms with Crippen LogP contribution in [0.2, 0.25) is 0 Å². The van der Waals surface area contributed by atoms with Crippen LogP contribution in [-0.4, -0.2) is 42.3 Å². The van der Waals surface area contributed by atoms with Gasteiger partial charge in [0.25, 0.3) is 0 Å². The van der Waals surface area contributed by atoms with E-state index in [1.807, 2.05) is 10.6 Å². The molecule has 4 rings (SSSR count). The van der Waals surface area contributed by atoms with Crippen LogP contribution < -0.4 is 9.46 Å². The van der Waals surface area contributed by atoms with Crippen LogP contribution in [0.5, 0.6) is 5.75 Å². The molecule has 0 unspecified atom stereocenters. The van der Waals surface area contributed by atoms with Crippen LogP contribution in [-0.2, 0) is 10.0 Å². The summed E-state index contributed by atoms with van der Waals surface area (Å²) in [5, 5.41) is 10.6. The van der Waals surface area contributed by atoms with Gasteiger partial charge >= 0.3 is 6.18 Å². The highest BCUT2D eigenvalue weighted by Gasteiger charge is 2.39. The Bertz CT molecular complexity index is 1340. The highest BCUT2D eigenvalue weighted by Crippen LogP contribution is 2.42. The summed E-state index contributed by atoms with van der Waals surface area (Å²) >= 11 is 0. The normalized spacial score (nSPS) is 15.8. The Hall–Kier alpha value is -3.17. The first-order valence-electron chi connectivity index (χ1n) is 10.1. The molecule has 2 aromatic heterocycles. The minimum absolute atomic E-state index is 0.108. The number of sulfonamides is 1. The summed E-state index contributed by atoms with van der Waals surface area (Å²) in [5.41, 5.74) is 1.55. The van der Waals surface area contributed by atoms with Crippen molar-refractivity contribution in [3.8, 4) is 23.3 Å². The Balaban J connectivity index is 1.80. The molecule has 0 bridgehead atoms. The number of hydrogen-bond acceptors (Lipinski definition) is 6. The van der Waals surface area contributed by atoms with Gasteiger partial charge in [-0.2, -0.15) is 23.2 Å². The van der Waals surface area contributed by atoms with Gasteiger partial charge in [0, 0.05) is 11.4 Å². The molecule has 33 heavy (non-hydrogen) atoms. The maximum absolute atomic E-state index is 12.8. The van der Waals surface area contributed by atoms with Crippen molar-refractivity contribution < 1.29 is 26.3 Å². The van der Waals surface area contributed by atoms with Gasteiger partial charge in [-0.3, -0.25) is 0 Å². The minimum Gasteiger partial charge on any atom is -0.497 e. The summed E-state index contributed by atoms with van der Waals surface area (Å²) in [4.78, 5) is 7.73. The summed E-state index contributed by atoms with van der Waals surface area (Å²) < 4.78 is 71.8. The molecule has 0 saturated heterocycles. The van der Waals surface area contributed by atoms with Crippen LogP contribution in [0.25, 0.3) is 22.4 Å². The van der Waals surface area contributed by atoms with E-state index in [-0.39, 0.29) is 11.9 Å². The second-order valence-electron chi connectivity index (χ2n) is 7.80. The average Bonchev–Trinajstić information content (AvgIpc) is 3.04. The molecule has 0 amide bonds. The van der Waals surface area contributed by atoms with E-state index in [1.165, 1.54) is 7.11 Å². The molecule has 8 nitrogen and oxygen atoms in total. The third kappa shape index (κ3) is 4.14. The Kier molecular flexibility index (Phi) is 5.79. The zero-order chi connectivity index (χ0) is 24.0. The minimum atomic E-state index is -4.74. The molecule has 0 radical (unpaired) electrons. The molecule has 1 saturated carbocycles. The van der Waals surface area contributed by atoms with Gasteiger partial charge in [-0.15, -0.1) is 0 Å². The molecule has 174 valence electrons. The number of alkyl halides is 3. The second-order valence-corrected chi connectivity index (χ2v) is 9.51. The van der Waals surface area contributed by atoms with Crippen molar-refractivity contribution >= 4 is 20.9 Å². The Labute approximate surface area is 188 Å². The Morgan fingerprint density at radius 3 is 2.45 bits per heavy atom. The average molecular weight is 479 g/mol. The predicted molar refractivity (Wildman–Crippen MR) is 113 cm³/mol. The Morgan fingerprint density at radius 2 is 1.94 bits per heavy atom. The maximum atomic E-state index is 12.8. The van der Waals surface area contributed by atoms with E-state index in [1.54, 1.807) is 16.9 Å². The van der Waals surface area contributed by atoms with E-state index < -0.39 is 27.1 Å². The van der Waals surface area contributed by atoms with Crippen molar-refractivity contribution in [3.63, 3.8) is 0 Å². The first kappa shape index (κ1) is 23.0. The van der Waals surface area contributed by atoms with Crippen LogP contribution in [0.4, 0.5) is 13.2 Å². The number of halogens is 3. The summed E-state index contributed by atoms with van der Waals surface area (Å²) in [6.45, 7) is 0.706. The van der Waals surface area contributed by atoms with Gasteiger partial charge < -0.3 is 9.30 Å². The number of benzene rings is 1. The number of ether oxygens (including phenoxy) is 1. The SMILES string of the molecule is COc1ccc2c(c1)c(C#N)c(-c1ncc(S(=O)(=O)N[C@@H](C)C(F)(F)F)cn1)n2C1CCC1. The number of nitrogens with zero attached hydrogens (tertiary/aromatic N) is 4. The lowest BCUT2D eigenvalue weighted by Gasteiger charge is -2.29. The van der Waals surface area contributed by atoms with Crippen LogP contribution in [0.3, 0.4) is 0 Å². The van der Waals surface area contributed by atoms with E-state index in [4.69, 9.17) is 4.74 Å². The lowest BCUT2D eigenvalue weighted by atomic mass is 9.92. The van der Waals surface area contributed by atoms with Gasteiger partial charge in [-0.25, -0.2) is 18.4 Å². The van der Waals surface area contributed by atoms with Crippen molar-refractivity contribution in [2.75, 3.05) is 7.11 Å². The molecule has 1 aliphatic rings. The maximum Gasteiger partial charge on any atom is 0.404 e. The molecule has 1 N–H and O–H groups in total. The second kappa shape index (κ2) is 8.31. The first-order valence-corrected chi connectivity index (χ1v) is 11.6. The number of nitriles is 1. The zero-order valence-electron chi connectivity index (χ0n) is 17.7. The summed E-state index contributed by atoms with van der Waals surface area (Å²) in [6, 6.07) is 5.41. The van der Waals surface area contributed by atoms with Crippen LogP contribution in [0, 0.1) is 11.3 Å². The van der Waals surface area contributed by atoms with E-state index in [0.717, 1.165) is 37.2 Å². The molecule has 0 spiro atoms. The van der Waals surface area contributed by atoms with Gasteiger partial charge in [-0.1, -0.05) is 0 Å². The number of aromatic nitrogens is 3. The van der Waals surface area contributed by atoms with Gasteiger partial charge in [0.15, 0.2) is 5.82 Å². The molecule has 1 aromatic carbocycles. The molecule has 3 aromatic rings. The quantitative estimate of drug-likeness (QED) is 0.574. The smallest absolute Gasteiger partial charge is 0.404 e. The molecule has 12 heteroatoms. The van der Waals surface area contributed by atoms with E-state index in [9.17, 15) is 26.9 Å². The van der Waals surface area contributed by atoms with Gasteiger partial charge in [0.1, 0.15) is 28.4 Å². The lowest BCUT2D eigenvalue weighted by molar-refractivity contribution is -0.147. The third-order valence-electron chi connectivity index (χ3n) is 5.74. The fraction of sp³-hybridized carbons (Fsp3) is 0.381. The predicted octanol–water partition coefficient (Wildman–Crippen LogP) is 3.93. The van der Waals surface area contributed by atoms with Crippen molar-refractivity contribution in [2.24, 2.45) is 0 Å². The van der Waals surface area contributed by atoms with E-state index in [0.29, 0.717) is 29.3 Å². The van der Waals surface area contributed by atoms with E-state index >= 15 is 0 Å². The fourth-order valence-corrected chi connectivity index (χ4v) is 4.84. The number of hydrogen-bond donors (Lipinski definition) is 1. The van der Waals surface area contributed by atoms with E-state index in [2.05, 4.69) is 16.0 Å². The van der Waals surface area contributed by atoms with Crippen LogP contribution in [0.1, 0.15) is 37.8 Å². The molecular formula is C21H20F3N5O3S. The fourth-order valence-electron chi connectivity index (χ4n) is 3.72. The third-order valence-corrected chi connectivity index (χ3v) is 7.23. The monoisotopic (exact) mass is 479 g/mol. The molecular weight excluding hydrogens is 459 g/mol. The number of fused-ring (bicyclic) bond motifs is 1. The van der Waals surface area contributed by atoms with Crippen LogP contribution >= 0.6 is 0 Å². The van der Waals surface area contributed by atoms with Gasteiger partial charge in [-0.05, 0) is 44.4 Å². The number of rotatable bonds is 6. The topological polar surface area (TPSA) is 110 Å². The highest BCUT2D eigenvalue weighted by molar-refractivity contribution is 7.89. The highest BCUT2D eigenvalue weighted by atomic mass is 32.2. The molecule has 1 atom stereocenters. The van der Waals surface area contributed by atoms with Crippen molar-refractivity contribution in [2.45, 2.75) is 49.3 Å². The number of methoxy groups -OCH3 is 1.